The summed E-state index contributed by atoms with van der Waals surface area (Å²) in [7, 11) is 0. The standard InChI is InChI=1S/C12H14N2O4S/c15-12(16)9-5-11(13-6-10(9)14(17)18)19-7-8-3-1-2-4-8/h5-6,8H,1-4,7H2,(H,15,16). The van der Waals surface area contributed by atoms with E-state index in [0.717, 1.165) is 11.9 Å². The molecule has 6 nitrogen and oxygen atoms in total. The summed E-state index contributed by atoms with van der Waals surface area (Å²) in [5.74, 6) is 0.247. The van der Waals surface area contributed by atoms with Gasteiger partial charge in [-0.1, -0.05) is 12.8 Å². The van der Waals surface area contributed by atoms with Gasteiger partial charge in [-0.15, -0.1) is 11.8 Å². The molecule has 1 heterocycles. The zero-order chi connectivity index (χ0) is 13.8. The largest absolute Gasteiger partial charge is 0.477 e. The van der Waals surface area contributed by atoms with Gasteiger partial charge in [-0.2, -0.15) is 0 Å². The topological polar surface area (TPSA) is 93.3 Å². The van der Waals surface area contributed by atoms with Crippen LogP contribution in [-0.4, -0.2) is 26.7 Å². The highest BCUT2D eigenvalue weighted by atomic mass is 32.2. The summed E-state index contributed by atoms with van der Waals surface area (Å²) in [5.41, 5.74) is -0.758. The fourth-order valence-corrected chi connectivity index (χ4v) is 3.27. The van der Waals surface area contributed by atoms with E-state index < -0.39 is 16.6 Å². The Morgan fingerprint density at radius 2 is 2.21 bits per heavy atom. The minimum atomic E-state index is -1.29. The Morgan fingerprint density at radius 3 is 2.79 bits per heavy atom. The Hall–Kier alpha value is -1.63. The van der Waals surface area contributed by atoms with E-state index in [1.165, 1.54) is 43.5 Å². The van der Waals surface area contributed by atoms with Crippen molar-refractivity contribution in [3.8, 4) is 0 Å². The monoisotopic (exact) mass is 282 g/mol. The van der Waals surface area contributed by atoms with Gasteiger partial charge in [-0.25, -0.2) is 9.78 Å². The Bertz CT molecular complexity index is 501. The summed E-state index contributed by atoms with van der Waals surface area (Å²) in [6.07, 6.45) is 5.93. The number of thioether (sulfide) groups is 1. The van der Waals surface area contributed by atoms with Gasteiger partial charge in [0, 0.05) is 5.75 Å². The van der Waals surface area contributed by atoms with E-state index in [2.05, 4.69) is 4.98 Å². The highest BCUT2D eigenvalue weighted by molar-refractivity contribution is 7.99. The van der Waals surface area contributed by atoms with E-state index in [4.69, 9.17) is 5.11 Å². The molecule has 19 heavy (non-hydrogen) atoms. The van der Waals surface area contributed by atoms with Crippen LogP contribution in [0.2, 0.25) is 0 Å². The summed E-state index contributed by atoms with van der Waals surface area (Å²) in [6, 6.07) is 1.29. The van der Waals surface area contributed by atoms with Crippen molar-refractivity contribution in [3.05, 3.63) is 27.9 Å². The lowest BCUT2D eigenvalue weighted by atomic mass is 10.1. The zero-order valence-electron chi connectivity index (χ0n) is 10.2. The molecule has 0 unspecified atom stereocenters. The van der Waals surface area contributed by atoms with Gasteiger partial charge in [0.25, 0.3) is 0 Å². The van der Waals surface area contributed by atoms with Crippen LogP contribution in [0, 0.1) is 16.0 Å². The fraction of sp³-hybridized carbons (Fsp3) is 0.500. The van der Waals surface area contributed by atoms with E-state index in [9.17, 15) is 14.9 Å². The molecule has 1 aromatic rings. The van der Waals surface area contributed by atoms with Gasteiger partial charge in [-0.05, 0) is 24.8 Å². The first-order valence-electron chi connectivity index (χ1n) is 6.08. The van der Waals surface area contributed by atoms with Crippen LogP contribution in [0.15, 0.2) is 17.3 Å². The average Bonchev–Trinajstić information content (AvgIpc) is 2.88. The van der Waals surface area contributed by atoms with Crippen molar-refractivity contribution in [2.24, 2.45) is 5.92 Å². The van der Waals surface area contributed by atoms with E-state index in [1.54, 1.807) is 0 Å². The van der Waals surface area contributed by atoms with Crippen LogP contribution < -0.4 is 0 Å². The van der Waals surface area contributed by atoms with E-state index in [1.807, 2.05) is 0 Å². The van der Waals surface area contributed by atoms with Gasteiger partial charge in [-0.3, -0.25) is 10.1 Å². The van der Waals surface area contributed by atoms with Crippen LogP contribution in [0.25, 0.3) is 0 Å². The molecule has 0 aromatic carbocycles. The summed E-state index contributed by atoms with van der Waals surface area (Å²) in [6.45, 7) is 0. The Balaban J connectivity index is 2.11. The molecule has 1 fully saturated rings. The van der Waals surface area contributed by atoms with Crippen LogP contribution in [-0.2, 0) is 0 Å². The summed E-state index contributed by atoms with van der Waals surface area (Å²) in [4.78, 5) is 24.9. The lowest BCUT2D eigenvalue weighted by Crippen LogP contribution is -2.04. The van der Waals surface area contributed by atoms with Crippen LogP contribution in [0.4, 0.5) is 5.69 Å². The van der Waals surface area contributed by atoms with Gasteiger partial charge in [0.15, 0.2) is 0 Å². The van der Waals surface area contributed by atoms with Gasteiger partial charge in [0.1, 0.15) is 11.8 Å². The van der Waals surface area contributed by atoms with Crippen LogP contribution in [0.5, 0.6) is 0 Å². The molecule has 0 saturated heterocycles. The number of hydrogen-bond donors (Lipinski definition) is 1. The fourth-order valence-electron chi connectivity index (χ4n) is 2.20. The number of aromatic nitrogens is 1. The number of pyridine rings is 1. The predicted molar refractivity (Wildman–Crippen MR) is 70.5 cm³/mol. The molecule has 0 aliphatic heterocycles. The van der Waals surface area contributed by atoms with Crippen molar-refractivity contribution >= 4 is 23.4 Å². The second-order valence-electron chi connectivity index (χ2n) is 4.56. The zero-order valence-corrected chi connectivity index (χ0v) is 11.1. The third kappa shape index (κ3) is 3.44. The van der Waals surface area contributed by atoms with Crippen molar-refractivity contribution in [2.45, 2.75) is 30.7 Å². The summed E-state index contributed by atoms with van der Waals surface area (Å²) >= 11 is 1.47. The molecule has 102 valence electrons. The Labute approximate surface area is 114 Å². The molecule has 7 heteroatoms. The Morgan fingerprint density at radius 1 is 1.53 bits per heavy atom. The normalized spacial score (nSPS) is 15.6. The average molecular weight is 282 g/mol. The molecular weight excluding hydrogens is 268 g/mol. The molecule has 2 rings (SSSR count). The number of carboxylic acids is 1. The van der Waals surface area contributed by atoms with Gasteiger partial charge in [0.05, 0.1) is 9.95 Å². The number of aromatic carboxylic acids is 1. The highest BCUT2D eigenvalue weighted by Gasteiger charge is 2.22. The highest BCUT2D eigenvalue weighted by Crippen LogP contribution is 2.31. The molecule has 0 radical (unpaired) electrons. The number of nitro groups is 1. The maximum atomic E-state index is 11.0. The van der Waals surface area contributed by atoms with Gasteiger partial charge in [0.2, 0.25) is 0 Å². The molecule has 0 amide bonds. The quantitative estimate of drug-likeness (QED) is 0.507. The van der Waals surface area contributed by atoms with Crippen molar-refractivity contribution in [1.29, 1.82) is 0 Å². The van der Waals surface area contributed by atoms with Crippen molar-refractivity contribution in [2.75, 3.05) is 5.75 Å². The molecule has 0 spiro atoms. The second kappa shape index (κ2) is 6.01. The predicted octanol–water partition coefficient (Wildman–Crippen LogP) is 2.97. The molecule has 1 saturated carbocycles. The van der Waals surface area contributed by atoms with Crippen molar-refractivity contribution < 1.29 is 14.8 Å². The SMILES string of the molecule is O=C(O)c1cc(SCC2CCCC2)ncc1[N+](=O)[O-]. The first-order valence-corrected chi connectivity index (χ1v) is 7.07. The maximum Gasteiger partial charge on any atom is 0.342 e. The maximum absolute atomic E-state index is 11.0. The summed E-state index contributed by atoms with van der Waals surface area (Å²) in [5, 5.41) is 20.2. The lowest BCUT2D eigenvalue weighted by Gasteiger charge is -2.07. The van der Waals surface area contributed by atoms with Crippen LogP contribution in [0.3, 0.4) is 0 Å². The number of rotatable bonds is 5. The number of nitrogens with zero attached hydrogens (tertiary/aromatic N) is 2. The van der Waals surface area contributed by atoms with E-state index in [-0.39, 0.29) is 5.56 Å². The van der Waals surface area contributed by atoms with Gasteiger partial charge < -0.3 is 5.11 Å². The molecule has 1 N–H and O–H groups in total. The van der Waals surface area contributed by atoms with Crippen molar-refractivity contribution in [3.63, 3.8) is 0 Å². The third-order valence-corrected chi connectivity index (χ3v) is 4.38. The first kappa shape index (κ1) is 13.8. The minimum Gasteiger partial charge on any atom is -0.477 e. The molecule has 1 aromatic heterocycles. The summed E-state index contributed by atoms with van der Waals surface area (Å²) < 4.78 is 0. The number of hydrogen-bond acceptors (Lipinski definition) is 5. The van der Waals surface area contributed by atoms with Crippen LogP contribution in [0.1, 0.15) is 36.0 Å². The first-order chi connectivity index (χ1) is 9.08. The minimum absolute atomic E-state index is 0.297. The molecule has 1 aliphatic rings. The lowest BCUT2D eigenvalue weighted by molar-refractivity contribution is -0.385. The number of carbonyl (C=O) groups is 1. The van der Waals surface area contributed by atoms with E-state index in [0.29, 0.717) is 10.9 Å². The Kier molecular flexibility index (Phi) is 4.36. The molecule has 0 atom stereocenters. The molecule has 0 bridgehead atoms. The van der Waals surface area contributed by atoms with E-state index >= 15 is 0 Å². The number of carboxylic acid groups (broad SMARTS) is 1. The van der Waals surface area contributed by atoms with Crippen LogP contribution >= 0.6 is 11.8 Å². The van der Waals surface area contributed by atoms with Gasteiger partial charge >= 0.3 is 11.7 Å². The molecule has 1 aliphatic carbocycles. The molecular formula is C12H14N2O4S. The third-order valence-electron chi connectivity index (χ3n) is 3.23. The second-order valence-corrected chi connectivity index (χ2v) is 5.60. The van der Waals surface area contributed by atoms with Crippen molar-refractivity contribution in [1.82, 2.24) is 4.98 Å². The smallest absolute Gasteiger partial charge is 0.342 e.